The quantitative estimate of drug-likeness (QED) is 0.747. The predicted molar refractivity (Wildman–Crippen MR) is 82.4 cm³/mol. The highest BCUT2D eigenvalue weighted by Gasteiger charge is 2.33. The molecule has 2 rings (SSSR count). The monoisotopic (exact) mass is 317 g/mol. The molecule has 1 amide bonds. The van der Waals surface area contributed by atoms with Crippen molar-refractivity contribution >= 4 is 15.9 Å². The summed E-state index contributed by atoms with van der Waals surface area (Å²) in [6, 6.07) is 0.512. The summed E-state index contributed by atoms with van der Waals surface area (Å²) < 4.78 is 24.7. The molecule has 122 valence electrons. The number of carbonyl (C=O) groups excluding carboxylic acids is 1. The maximum atomic E-state index is 12.6. The molecular weight excluding hydrogens is 290 g/mol. The lowest BCUT2D eigenvalue weighted by Gasteiger charge is -2.39. The predicted octanol–water partition coefficient (Wildman–Crippen LogP) is 0.211. The van der Waals surface area contributed by atoms with Crippen LogP contribution in [0.15, 0.2) is 0 Å². The highest BCUT2D eigenvalue weighted by molar-refractivity contribution is 7.88. The van der Waals surface area contributed by atoms with E-state index < -0.39 is 10.0 Å². The van der Waals surface area contributed by atoms with Crippen molar-refractivity contribution in [2.75, 3.05) is 45.5 Å². The highest BCUT2D eigenvalue weighted by atomic mass is 32.2. The third kappa shape index (κ3) is 4.17. The molecule has 0 saturated carbocycles. The second kappa shape index (κ2) is 6.62. The zero-order chi connectivity index (χ0) is 15.6. The van der Waals surface area contributed by atoms with Gasteiger partial charge in [-0.3, -0.25) is 9.69 Å². The van der Waals surface area contributed by atoms with Gasteiger partial charge in [0.15, 0.2) is 0 Å². The average molecular weight is 317 g/mol. The molecule has 0 radical (unpaired) electrons. The molecule has 1 atom stereocenters. The van der Waals surface area contributed by atoms with Gasteiger partial charge >= 0.3 is 0 Å². The second-order valence-corrected chi connectivity index (χ2v) is 8.40. The molecule has 0 unspecified atom stereocenters. The van der Waals surface area contributed by atoms with E-state index in [1.54, 1.807) is 0 Å². The summed E-state index contributed by atoms with van der Waals surface area (Å²) in [7, 11) is -3.19. The van der Waals surface area contributed by atoms with Crippen LogP contribution in [0.25, 0.3) is 0 Å². The molecule has 0 aliphatic carbocycles. The lowest BCUT2D eigenvalue weighted by Crippen LogP contribution is -2.54. The van der Waals surface area contributed by atoms with Crippen molar-refractivity contribution in [3.63, 3.8) is 0 Å². The van der Waals surface area contributed by atoms with Gasteiger partial charge in [0.05, 0.1) is 12.2 Å². The number of piperazine rings is 1. The Labute approximate surface area is 128 Å². The van der Waals surface area contributed by atoms with E-state index in [-0.39, 0.29) is 11.8 Å². The summed E-state index contributed by atoms with van der Waals surface area (Å²) in [5.41, 5.74) is 0. The van der Waals surface area contributed by atoms with Crippen LogP contribution in [-0.4, -0.2) is 80.0 Å². The second-order valence-electron chi connectivity index (χ2n) is 6.42. The van der Waals surface area contributed by atoms with E-state index in [0.717, 1.165) is 39.0 Å². The first-order valence-corrected chi connectivity index (χ1v) is 9.62. The Bertz CT molecular complexity index is 470. The van der Waals surface area contributed by atoms with Crippen LogP contribution in [-0.2, 0) is 14.8 Å². The van der Waals surface area contributed by atoms with Gasteiger partial charge < -0.3 is 4.90 Å². The summed E-state index contributed by atoms with van der Waals surface area (Å²) in [6.45, 7) is 8.56. The van der Waals surface area contributed by atoms with Crippen LogP contribution in [0.3, 0.4) is 0 Å². The first-order valence-electron chi connectivity index (χ1n) is 7.77. The van der Waals surface area contributed by atoms with Crippen LogP contribution >= 0.6 is 0 Å². The summed E-state index contributed by atoms with van der Waals surface area (Å²) >= 11 is 0. The maximum Gasteiger partial charge on any atom is 0.227 e. The molecule has 2 fully saturated rings. The number of nitrogens with zero attached hydrogens (tertiary/aromatic N) is 3. The smallest absolute Gasteiger partial charge is 0.227 e. The average Bonchev–Trinajstić information content (AvgIpc) is 2.46. The Morgan fingerprint density at radius 3 is 2.24 bits per heavy atom. The van der Waals surface area contributed by atoms with Gasteiger partial charge in [-0.25, -0.2) is 12.7 Å². The fourth-order valence-corrected chi connectivity index (χ4v) is 4.07. The number of sulfonamides is 1. The number of piperidine rings is 1. The van der Waals surface area contributed by atoms with Gasteiger partial charge in [-0.05, 0) is 26.7 Å². The Morgan fingerprint density at radius 1 is 1.10 bits per heavy atom. The Balaban J connectivity index is 1.92. The van der Waals surface area contributed by atoms with E-state index in [0.29, 0.717) is 19.1 Å². The zero-order valence-electron chi connectivity index (χ0n) is 13.3. The third-order valence-corrected chi connectivity index (χ3v) is 5.83. The van der Waals surface area contributed by atoms with Gasteiger partial charge in [-0.1, -0.05) is 0 Å². The van der Waals surface area contributed by atoms with Crippen molar-refractivity contribution in [3.8, 4) is 0 Å². The molecule has 0 N–H and O–H groups in total. The largest absolute Gasteiger partial charge is 0.340 e. The van der Waals surface area contributed by atoms with Crippen LogP contribution < -0.4 is 0 Å². The Morgan fingerprint density at radius 2 is 1.71 bits per heavy atom. The van der Waals surface area contributed by atoms with Gasteiger partial charge in [0, 0.05) is 45.3 Å². The van der Waals surface area contributed by atoms with Crippen LogP contribution in [0.2, 0.25) is 0 Å². The SMILES string of the molecule is CC(C)N1CCN(C(=O)[C@H]2CCCN(S(C)(=O)=O)C2)CC1. The van der Waals surface area contributed by atoms with E-state index in [1.165, 1.54) is 10.6 Å². The molecule has 0 aromatic carbocycles. The molecule has 21 heavy (non-hydrogen) atoms. The van der Waals surface area contributed by atoms with Crippen molar-refractivity contribution in [3.05, 3.63) is 0 Å². The molecule has 6 nitrogen and oxygen atoms in total. The van der Waals surface area contributed by atoms with Gasteiger partial charge in [-0.15, -0.1) is 0 Å². The van der Waals surface area contributed by atoms with Crippen LogP contribution in [0.4, 0.5) is 0 Å². The number of carbonyl (C=O) groups is 1. The van der Waals surface area contributed by atoms with Crippen LogP contribution in [0.1, 0.15) is 26.7 Å². The molecule has 0 aromatic rings. The van der Waals surface area contributed by atoms with E-state index in [9.17, 15) is 13.2 Å². The minimum atomic E-state index is -3.19. The number of amides is 1. The minimum absolute atomic E-state index is 0.131. The van der Waals surface area contributed by atoms with Crippen molar-refractivity contribution in [2.24, 2.45) is 5.92 Å². The van der Waals surface area contributed by atoms with E-state index in [1.807, 2.05) is 4.90 Å². The van der Waals surface area contributed by atoms with Gasteiger partial charge in [0.2, 0.25) is 15.9 Å². The van der Waals surface area contributed by atoms with Crippen LogP contribution in [0, 0.1) is 5.92 Å². The molecule has 7 heteroatoms. The van der Waals surface area contributed by atoms with E-state index in [2.05, 4.69) is 18.7 Å². The summed E-state index contributed by atoms with van der Waals surface area (Å²) in [4.78, 5) is 16.9. The topological polar surface area (TPSA) is 60.9 Å². The highest BCUT2D eigenvalue weighted by Crippen LogP contribution is 2.21. The van der Waals surface area contributed by atoms with E-state index in [4.69, 9.17) is 0 Å². The summed E-state index contributed by atoms with van der Waals surface area (Å²) in [5, 5.41) is 0. The molecule has 0 bridgehead atoms. The molecule has 2 heterocycles. The third-order valence-electron chi connectivity index (χ3n) is 4.56. The fraction of sp³-hybridized carbons (Fsp3) is 0.929. The molecule has 2 aliphatic heterocycles. The minimum Gasteiger partial charge on any atom is -0.340 e. The van der Waals surface area contributed by atoms with E-state index >= 15 is 0 Å². The molecule has 2 aliphatic rings. The first-order chi connectivity index (χ1) is 9.79. The lowest BCUT2D eigenvalue weighted by molar-refractivity contribution is -0.138. The fourth-order valence-electron chi connectivity index (χ4n) is 3.16. The Hall–Kier alpha value is -0.660. The Kier molecular flexibility index (Phi) is 5.27. The maximum absolute atomic E-state index is 12.6. The number of rotatable bonds is 3. The lowest BCUT2D eigenvalue weighted by atomic mass is 9.97. The van der Waals surface area contributed by atoms with Crippen molar-refractivity contribution in [2.45, 2.75) is 32.7 Å². The van der Waals surface area contributed by atoms with Gasteiger partial charge in [0.1, 0.15) is 0 Å². The van der Waals surface area contributed by atoms with Gasteiger partial charge in [-0.2, -0.15) is 0 Å². The first kappa shape index (κ1) is 16.7. The molecular formula is C14H27N3O3S. The summed E-state index contributed by atoms with van der Waals surface area (Å²) in [6.07, 6.45) is 2.80. The van der Waals surface area contributed by atoms with Crippen molar-refractivity contribution in [1.82, 2.24) is 14.1 Å². The normalized spacial score (nSPS) is 26.3. The molecule has 0 spiro atoms. The van der Waals surface area contributed by atoms with Crippen molar-refractivity contribution < 1.29 is 13.2 Å². The number of hydrogen-bond donors (Lipinski definition) is 0. The van der Waals surface area contributed by atoms with Crippen molar-refractivity contribution in [1.29, 1.82) is 0 Å². The molecule has 2 saturated heterocycles. The van der Waals surface area contributed by atoms with Gasteiger partial charge in [0.25, 0.3) is 0 Å². The summed E-state index contributed by atoms with van der Waals surface area (Å²) in [5.74, 6) is -0.0363. The molecule has 0 aromatic heterocycles. The van der Waals surface area contributed by atoms with Crippen LogP contribution in [0.5, 0.6) is 0 Å². The number of hydrogen-bond acceptors (Lipinski definition) is 4. The standard InChI is InChI=1S/C14H27N3O3S/c1-12(2)15-7-9-16(10-8-15)14(18)13-5-4-6-17(11-13)21(3,19)20/h12-13H,4-11H2,1-3H3/t13-/m0/s1. The zero-order valence-corrected chi connectivity index (χ0v) is 14.1.